The zero-order chi connectivity index (χ0) is 19.6. The third-order valence-electron chi connectivity index (χ3n) is 4.26. The van der Waals surface area contributed by atoms with E-state index in [1.54, 1.807) is 7.11 Å². The minimum Gasteiger partial charge on any atom is -0.497 e. The number of carbonyl (C=O) groups is 1. The monoisotopic (exact) mass is 390 g/mol. The van der Waals surface area contributed by atoms with Crippen LogP contribution < -0.4 is 14.8 Å². The van der Waals surface area contributed by atoms with Gasteiger partial charge in [0.2, 0.25) is 5.91 Å². The molecule has 0 aromatic heterocycles. The van der Waals surface area contributed by atoms with E-state index in [1.165, 1.54) is 0 Å². The molecule has 5 nitrogen and oxygen atoms in total. The Bertz CT molecular complexity index is 720. The van der Waals surface area contributed by atoms with Crippen LogP contribution in [0.1, 0.15) is 24.4 Å². The average Bonchev–Trinajstić information content (AvgIpc) is 2.67. The van der Waals surface area contributed by atoms with Gasteiger partial charge in [-0.3, -0.25) is 4.79 Å². The zero-order valence-electron chi connectivity index (χ0n) is 16.1. The van der Waals surface area contributed by atoms with Crippen LogP contribution in [-0.4, -0.2) is 45.2 Å². The summed E-state index contributed by atoms with van der Waals surface area (Å²) in [5.74, 6) is 1.56. The molecule has 0 saturated carbocycles. The molecule has 0 aliphatic carbocycles. The van der Waals surface area contributed by atoms with Crippen molar-refractivity contribution in [3.05, 3.63) is 59.1 Å². The Labute approximate surface area is 166 Å². The Morgan fingerprint density at radius 1 is 1.11 bits per heavy atom. The number of hydrogen-bond donors (Lipinski definition) is 1. The molecule has 1 unspecified atom stereocenters. The number of nitrogens with zero attached hydrogens (tertiary/aromatic N) is 1. The van der Waals surface area contributed by atoms with E-state index in [2.05, 4.69) is 5.32 Å². The maximum absolute atomic E-state index is 12.1. The quantitative estimate of drug-likeness (QED) is 0.624. The summed E-state index contributed by atoms with van der Waals surface area (Å²) in [6.07, 6.45) is 1.06. The molecule has 0 fully saturated rings. The normalized spacial score (nSPS) is 11.9. The van der Waals surface area contributed by atoms with Gasteiger partial charge in [0.25, 0.3) is 0 Å². The molecule has 1 atom stereocenters. The van der Waals surface area contributed by atoms with Gasteiger partial charge in [0, 0.05) is 18.0 Å². The number of hydrogen-bond acceptors (Lipinski definition) is 4. The smallest absolute Gasteiger partial charge is 0.220 e. The van der Waals surface area contributed by atoms with Gasteiger partial charge in [0.1, 0.15) is 11.5 Å². The number of ether oxygens (including phenoxy) is 2. The fraction of sp³-hybridized carbons (Fsp3) is 0.381. The van der Waals surface area contributed by atoms with Crippen molar-refractivity contribution in [3.63, 3.8) is 0 Å². The number of nitrogens with one attached hydrogen (secondary N) is 1. The number of methoxy groups -OCH3 is 1. The van der Waals surface area contributed by atoms with Crippen LogP contribution in [0.25, 0.3) is 0 Å². The number of carbonyl (C=O) groups excluding carboxylic acids is 1. The van der Waals surface area contributed by atoms with Crippen LogP contribution in [0, 0.1) is 0 Å². The third-order valence-corrected chi connectivity index (χ3v) is 4.60. The first-order chi connectivity index (χ1) is 13.0. The minimum absolute atomic E-state index is 0.00670. The third kappa shape index (κ3) is 6.77. The average molecular weight is 391 g/mol. The highest BCUT2D eigenvalue weighted by molar-refractivity contribution is 6.31. The van der Waals surface area contributed by atoms with Gasteiger partial charge in [0.15, 0.2) is 0 Å². The van der Waals surface area contributed by atoms with E-state index in [9.17, 15) is 4.79 Å². The lowest BCUT2D eigenvalue weighted by Crippen LogP contribution is -2.34. The summed E-state index contributed by atoms with van der Waals surface area (Å²) in [6, 6.07) is 15.1. The molecular formula is C21H27ClN2O3. The lowest BCUT2D eigenvalue weighted by molar-refractivity contribution is -0.121. The topological polar surface area (TPSA) is 50.8 Å². The molecule has 0 bridgehead atoms. The number of likely N-dealkylation sites (N-methyl/N-ethyl adjacent to an activating group) is 1. The van der Waals surface area contributed by atoms with E-state index < -0.39 is 0 Å². The maximum atomic E-state index is 12.1. The number of rotatable bonds is 10. The van der Waals surface area contributed by atoms with Crippen molar-refractivity contribution in [2.24, 2.45) is 0 Å². The predicted octanol–water partition coefficient (Wildman–Crippen LogP) is 3.93. The number of benzene rings is 2. The van der Waals surface area contributed by atoms with E-state index in [1.807, 2.05) is 67.5 Å². The molecule has 1 amide bonds. The van der Waals surface area contributed by atoms with Crippen LogP contribution in [0.5, 0.6) is 11.5 Å². The zero-order valence-corrected chi connectivity index (χ0v) is 16.8. The first-order valence-corrected chi connectivity index (χ1v) is 9.33. The Balaban J connectivity index is 1.73. The van der Waals surface area contributed by atoms with Crippen molar-refractivity contribution in [1.82, 2.24) is 10.2 Å². The Kier molecular flexibility index (Phi) is 8.43. The van der Waals surface area contributed by atoms with Crippen LogP contribution >= 0.6 is 11.6 Å². The molecule has 2 aromatic carbocycles. The molecule has 1 N–H and O–H groups in total. The van der Waals surface area contributed by atoms with E-state index >= 15 is 0 Å². The van der Waals surface area contributed by atoms with Crippen molar-refractivity contribution in [1.29, 1.82) is 0 Å². The highest BCUT2D eigenvalue weighted by atomic mass is 35.5. The van der Waals surface area contributed by atoms with Gasteiger partial charge in [-0.1, -0.05) is 29.8 Å². The second-order valence-electron chi connectivity index (χ2n) is 6.43. The molecule has 2 rings (SSSR count). The van der Waals surface area contributed by atoms with Crippen molar-refractivity contribution >= 4 is 17.5 Å². The van der Waals surface area contributed by atoms with Gasteiger partial charge in [-0.25, -0.2) is 0 Å². The minimum atomic E-state index is 0.00670. The van der Waals surface area contributed by atoms with Crippen molar-refractivity contribution in [2.75, 3.05) is 34.4 Å². The van der Waals surface area contributed by atoms with Crippen molar-refractivity contribution < 1.29 is 14.3 Å². The SMILES string of the molecule is COc1ccc(OCCCC(=O)NCC(c2ccccc2Cl)N(C)C)cc1. The summed E-state index contributed by atoms with van der Waals surface area (Å²) in [7, 11) is 5.58. The maximum Gasteiger partial charge on any atom is 0.220 e. The number of halogens is 1. The van der Waals surface area contributed by atoms with Gasteiger partial charge in [0.05, 0.1) is 19.8 Å². The molecule has 0 spiro atoms. The van der Waals surface area contributed by atoms with Gasteiger partial charge in [-0.2, -0.15) is 0 Å². The molecule has 27 heavy (non-hydrogen) atoms. The van der Waals surface area contributed by atoms with Gasteiger partial charge in [-0.05, 0) is 56.4 Å². The first kappa shape index (κ1) is 21.1. The summed E-state index contributed by atoms with van der Waals surface area (Å²) in [5, 5.41) is 3.70. The molecule has 0 heterocycles. The second kappa shape index (κ2) is 10.8. The largest absolute Gasteiger partial charge is 0.497 e. The Hall–Kier alpha value is -2.24. The summed E-state index contributed by atoms with van der Waals surface area (Å²) in [5.41, 5.74) is 1.01. The van der Waals surface area contributed by atoms with E-state index in [4.69, 9.17) is 21.1 Å². The van der Waals surface area contributed by atoms with E-state index in [-0.39, 0.29) is 11.9 Å². The van der Waals surface area contributed by atoms with E-state index in [0.717, 1.165) is 17.1 Å². The fourth-order valence-electron chi connectivity index (χ4n) is 2.71. The summed E-state index contributed by atoms with van der Waals surface area (Å²) < 4.78 is 10.8. The van der Waals surface area contributed by atoms with Gasteiger partial charge < -0.3 is 19.7 Å². The highest BCUT2D eigenvalue weighted by Crippen LogP contribution is 2.25. The molecule has 0 radical (unpaired) electrons. The molecule has 2 aromatic rings. The van der Waals surface area contributed by atoms with Gasteiger partial charge in [-0.15, -0.1) is 0 Å². The molecule has 146 valence electrons. The van der Waals surface area contributed by atoms with Gasteiger partial charge >= 0.3 is 0 Å². The summed E-state index contributed by atoms with van der Waals surface area (Å²) >= 11 is 6.29. The standard InChI is InChI=1S/C21H27ClN2O3/c1-24(2)20(18-7-4-5-8-19(18)22)15-23-21(25)9-6-14-27-17-12-10-16(26-3)11-13-17/h4-5,7-8,10-13,20H,6,9,14-15H2,1-3H3,(H,23,25). The number of amides is 1. The fourth-order valence-corrected chi connectivity index (χ4v) is 2.97. The molecular weight excluding hydrogens is 364 g/mol. The van der Waals surface area contributed by atoms with Crippen LogP contribution in [0.2, 0.25) is 5.02 Å². The molecule has 6 heteroatoms. The van der Waals surface area contributed by atoms with Crippen molar-refractivity contribution in [2.45, 2.75) is 18.9 Å². The van der Waals surface area contributed by atoms with E-state index in [0.29, 0.717) is 31.0 Å². The molecule has 0 aliphatic heterocycles. The lowest BCUT2D eigenvalue weighted by Gasteiger charge is -2.26. The summed E-state index contributed by atoms with van der Waals surface area (Å²) in [6.45, 7) is 0.996. The van der Waals surface area contributed by atoms with Crippen LogP contribution in [-0.2, 0) is 4.79 Å². The van der Waals surface area contributed by atoms with Crippen molar-refractivity contribution in [3.8, 4) is 11.5 Å². The molecule has 0 aliphatic rings. The summed E-state index contributed by atoms with van der Waals surface area (Å²) in [4.78, 5) is 14.2. The predicted molar refractivity (Wildman–Crippen MR) is 109 cm³/mol. The molecule has 0 saturated heterocycles. The second-order valence-corrected chi connectivity index (χ2v) is 6.84. The lowest BCUT2D eigenvalue weighted by atomic mass is 10.1. The van der Waals surface area contributed by atoms with Crippen LogP contribution in [0.15, 0.2) is 48.5 Å². The van der Waals surface area contributed by atoms with Crippen LogP contribution in [0.3, 0.4) is 0 Å². The Morgan fingerprint density at radius 2 is 1.78 bits per heavy atom. The Morgan fingerprint density at radius 3 is 2.41 bits per heavy atom. The first-order valence-electron chi connectivity index (χ1n) is 8.95. The highest BCUT2D eigenvalue weighted by Gasteiger charge is 2.17. The van der Waals surface area contributed by atoms with Crippen LogP contribution in [0.4, 0.5) is 0 Å².